The molecule has 3 N–H and O–H groups in total. The number of nitrogens with one attached hydrogen (secondary N) is 1. The van der Waals surface area contributed by atoms with E-state index < -0.39 is 17.3 Å². The van der Waals surface area contributed by atoms with E-state index in [0.717, 1.165) is 54.7 Å². The third kappa shape index (κ3) is 5.39. The number of aryl methyl sites for hydroxylation is 1. The first kappa shape index (κ1) is 28.3. The van der Waals surface area contributed by atoms with Gasteiger partial charge in [-0.2, -0.15) is 0 Å². The van der Waals surface area contributed by atoms with Crippen LogP contribution in [0.4, 0.5) is 4.79 Å². The Bertz CT molecular complexity index is 1300. The van der Waals surface area contributed by atoms with Gasteiger partial charge in [-0.05, 0) is 62.6 Å². The summed E-state index contributed by atoms with van der Waals surface area (Å²) < 4.78 is 18.1. The van der Waals surface area contributed by atoms with Crippen LogP contribution < -0.4 is 15.8 Å². The number of amides is 2. The van der Waals surface area contributed by atoms with Crippen LogP contribution in [0.1, 0.15) is 56.6 Å². The number of halogens is 1. The molecule has 214 valence electrons. The number of allylic oxidation sites excluding steroid dienone is 1. The Hall–Kier alpha value is -3.23. The number of hydrogen-bond donors (Lipinski definition) is 2. The van der Waals surface area contributed by atoms with Gasteiger partial charge in [0.05, 0.1) is 24.6 Å². The smallest absolute Gasteiger partial charge is 0.406 e. The van der Waals surface area contributed by atoms with Crippen molar-refractivity contribution in [2.45, 2.75) is 63.1 Å². The summed E-state index contributed by atoms with van der Waals surface area (Å²) in [6.07, 6.45) is 6.65. The predicted molar refractivity (Wildman–Crippen MR) is 153 cm³/mol. The van der Waals surface area contributed by atoms with E-state index in [2.05, 4.69) is 12.2 Å². The third-order valence-electron chi connectivity index (χ3n) is 8.43. The zero-order chi connectivity index (χ0) is 28.3. The van der Waals surface area contributed by atoms with Crippen molar-refractivity contribution in [1.82, 2.24) is 10.2 Å². The van der Waals surface area contributed by atoms with Gasteiger partial charge in [0.15, 0.2) is 5.75 Å². The number of nitrogens with two attached hydrogens (primary N) is 1. The highest BCUT2D eigenvalue weighted by Gasteiger charge is 2.72. The second-order valence-corrected chi connectivity index (χ2v) is 11.3. The summed E-state index contributed by atoms with van der Waals surface area (Å²) in [7, 11) is 1.35. The Balaban J connectivity index is 1.47. The molecule has 2 aromatic rings. The Kier molecular flexibility index (Phi) is 8.29. The summed E-state index contributed by atoms with van der Waals surface area (Å²) in [6.45, 7) is 3.69. The predicted octanol–water partition coefficient (Wildman–Crippen LogP) is 5.67. The molecule has 3 aliphatic rings. The average molecular weight is 568 g/mol. The second kappa shape index (κ2) is 11.7. The minimum atomic E-state index is -0.727. The number of hydrogen-bond acceptors (Lipinski definition) is 6. The number of ether oxygens (including phenoxy) is 3. The number of epoxide rings is 1. The summed E-state index contributed by atoms with van der Waals surface area (Å²) in [5.41, 5.74) is 7.42. The molecule has 2 heterocycles. The SMILES string of the molecule is CCc1ccccc1Oc1c(Cl)cccc1[C@@]1(CCCNC(=O)OC)O[C@@]12CCCN(C(=O)[C@H]1C=C(N)CC1)C2. The zero-order valence-electron chi connectivity index (χ0n) is 23.2. The third-order valence-corrected chi connectivity index (χ3v) is 8.73. The molecule has 0 aromatic heterocycles. The Morgan fingerprint density at radius 3 is 2.80 bits per heavy atom. The molecule has 2 amide bonds. The molecule has 0 saturated carbocycles. The highest BCUT2D eigenvalue weighted by Crippen LogP contribution is 2.64. The molecule has 2 saturated heterocycles. The van der Waals surface area contributed by atoms with E-state index in [0.29, 0.717) is 43.2 Å². The molecule has 1 aliphatic carbocycles. The molecule has 2 aromatic carbocycles. The summed E-state index contributed by atoms with van der Waals surface area (Å²) in [6, 6.07) is 13.7. The summed E-state index contributed by atoms with van der Waals surface area (Å²) in [5, 5.41) is 3.26. The lowest BCUT2D eigenvalue weighted by molar-refractivity contribution is -0.136. The maximum absolute atomic E-state index is 13.5. The largest absolute Gasteiger partial charge is 0.455 e. The number of methoxy groups -OCH3 is 1. The number of benzene rings is 2. The normalized spacial score (nSPS) is 25.4. The van der Waals surface area contributed by atoms with Crippen LogP contribution in [0, 0.1) is 5.92 Å². The van der Waals surface area contributed by atoms with Crippen molar-refractivity contribution in [1.29, 1.82) is 0 Å². The Morgan fingerprint density at radius 2 is 2.05 bits per heavy atom. The Morgan fingerprint density at radius 1 is 1.23 bits per heavy atom. The molecular weight excluding hydrogens is 530 g/mol. The first-order valence-corrected chi connectivity index (χ1v) is 14.5. The van der Waals surface area contributed by atoms with Crippen LogP contribution in [0.2, 0.25) is 5.02 Å². The minimum Gasteiger partial charge on any atom is -0.455 e. The monoisotopic (exact) mass is 567 g/mol. The van der Waals surface area contributed by atoms with E-state index in [9.17, 15) is 9.59 Å². The molecule has 9 heteroatoms. The van der Waals surface area contributed by atoms with E-state index in [1.54, 1.807) is 0 Å². The number of nitrogens with zero attached hydrogens (tertiary/aromatic N) is 1. The molecule has 5 rings (SSSR count). The van der Waals surface area contributed by atoms with Crippen molar-refractivity contribution in [2.75, 3.05) is 26.7 Å². The number of likely N-dealkylation sites (tertiary alicyclic amines) is 1. The summed E-state index contributed by atoms with van der Waals surface area (Å²) in [5.74, 6) is 1.25. The van der Waals surface area contributed by atoms with Crippen molar-refractivity contribution >= 4 is 23.6 Å². The standard InChI is InChI=1S/C31H38ClN3O5/c1-3-21-9-4-5-12-26(21)39-27-24(10-6-11-25(27)32)31(16-7-17-34-29(37)38-2)30(40-31)15-8-18-35(20-30)28(36)22-13-14-23(33)19-22/h4-6,9-12,19,22H,3,7-8,13-18,20,33H2,1-2H3,(H,34,37)/t22-,30-,31-/m1/s1. The van der Waals surface area contributed by atoms with Crippen molar-refractivity contribution in [2.24, 2.45) is 11.7 Å². The highest BCUT2D eigenvalue weighted by molar-refractivity contribution is 6.32. The molecule has 0 unspecified atom stereocenters. The van der Waals surface area contributed by atoms with Crippen molar-refractivity contribution in [3.05, 3.63) is 70.4 Å². The molecule has 0 bridgehead atoms. The maximum atomic E-state index is 13.5. The van der Waals surface area contributed by atoms with Crippen LogP contribution in [0.15, 0.2) is 54.2 Å². The molecule has 40 heavy (non-hydrogen) atoms. The number of piperidine rings is 1. The van der Waals surface area contributed by atoms with Gasteiger partial charge in [0, 0.05) is 24.4 Å². The average Bonchev–Trinajstić information content (AvgIpc) is 3.33. The van der Waals surface area contributed by atoms with Crippen LogP contribution in [-0.2, 0) is 26.3 Å². The highest BCUT2D eigenvalue weighted by atomic mass is 35.5. The van der Waals surface area contributed by atoms with Crippen LogP contribution >= 0.6 is 11.6 Å². The van der Waals surface area contributed by atoms with Crippen LogP contribution in [0.3, 0.4) is 0 Å². The van der Waals surface area contributed by atoms with Crippen molar-refractivity contribution in [3.63, 3.8) is 0 Å². The van der Waals surface area contributed by atoms with Crippen molar-refractivity contribution in [3.8, 4) is 11.5 Å². The van der Waals surface area contributed by atoms with Crippen LogP contribution in [0.25, 0.3) is 0 Å². The van der Waals surface area contributed by atoms with Gasteiger partial charge in [0.2, 0.25) is 5.91 Å². The molecule has 1 spiro atoms. The molecule has 0 radical (unpaired) electrons. The minimum absolute atomic E-state index is 0.107. The number of carbonyl (C=O) groups excluding carboxylic acids is 2. The van der Waals surface area contributed by atoms with Gasteiger partial charge in [-0.1, -0.05) is 54.9 Å². The fourth-order valence-electron chi connectivity index (χ4n) is 6.36. The van der Waals surface area contributed by atoms with Gasteiger partial charge >= 0.3 is 6.09 Å². The number of para-hydroxylation sites is 2. The van der Waals surface area contributed by atoms with E-state index in [1.165, 1.54) is 7.11 Å². The lowest BCUT2D eigenvalue weighted by Gasteiger charge is -2.35. The molecule has 3 atom stereocenters. The molecule has 2 aliphatic heterocycles. The van der Waals surface area contributed by atoms with Gasteiger partial charge in [-0.15, -0.1) is 0 Å². The van der Waals surface area contributed by atoms with E-state index in [-0.39, 0.29) is 11.8 Å². The van der Waals surface area contributed by atoms with Crippen LogP contribution in [0.5, 0.6) is 11.5 Å². The van der Waals surface area contributed by atoms with Gasteiger partial charge in [-0.25, -0.2) is 4.79 Å². The lowest BCUT2D eigenvalue weighted by atomic mass is 9.77. The van der Waals surface area contributed by atoms with Gasteiger partial charge in [0.1, 0.15) is 17.0 Å². The topological polar surface area (TPSA) is 106 Å². The van der Waals surface area contributed by atoms with Crippen LogP contribution in [-0.4, -0.2) is 49.2 Å². The van der Waals surface area contributed by atoms with E-state index in [1.807, 2.05) is 53.4 Å². The maximum Gasteiger partial charge on any atom is 0.406 e. The fourth-order valence-corrected chi connectivity index (χ4v) is 6.57. The quantitative estimate of drug-likeness (QED) is 0.299. The van der Waals surface area contributed by atoms with Crippen molar-refractivity contribution < 1.29 is 23.8 Å². The first-order valence-electron chi connectivity index (χ1n) is 14.1. The molecule has 2 fully saturated rings. The molecule has 8 nitrogen and oxygen atoms in total. The fraction of sp³-hybridized carbons (Fsp3) is 0.484. The summed E-state index contributed by atoms with van der Waals surface area (Å²) in [4.78, 5) is 27.1. The number of carbonyl (C=O) groups is 2. The van der Waals surface area contributed by atoms with E-state index in [4.69, 9.17) is 31.5 Å². The summed E-state index contributed by atoms with van der Waals surface area (Å²) >= 11 is 6.80. The number of alkyl carbamates (subject to hydrolysis) is 1. The van der Waals surface area contributed by atoms with Gasteiger partial charge in [-0.3, -0.25) is 4.79 Å². The molecular formula is C31H38ClN3O5. The van der Waals surface area contributed by atoms with Gasteiger partial charge in [0.25, 0.3) is 0 Å². The lowest BCUT2D eigenvalue weighted by Crippen LogP contribution is -2.48. The number of rotatable bonds is 9. The van der Waals surface area contributed by atoms with E-state index >= 15 is 0 Å². The Labute approximate surface area is 240 Å². The zero-order valence-corrected chi connectivity index (χ0v) is 24.0. The first-order chi connectivity index (χ1) is 19.3. The van der Waals surface area contributed by atoms with Gasteiger partial charge < -0.3 is 30.2 Å². The second-order valence-electron chi connectivity index (χ2n) is 10.9.